The maximum atomic E-state index is 12.3. The Bertz CT molecular complexity index is 484. The third-order valence-electron chi connectivity index (χ3n) is 2.56. The van der Waals surface area contributed by atoms with Crippen LogP contribution < -0.4 is 10.6 Å². The van der Waals surface area contributed by atoms with Gasteiger partial charge in [0.25, 0.3) is 0 Å². The van der Waals surface area contributed by atoms with E-state index in [-0.39, 0.29) is 0 Å². The van der Waals surface area contributed by atoms with Gasteiger partial charge in [-0.1, -0.05) is 47.5 Å². The lowest BCUT2D eigenvalue weighted by molar-refractivity contribution is 0.598. The molecule has 0 aliphatic carbocycles. The van der Waals surface area contributed by atoms with Crippen LogP contribution in [0.1, 0.15) is 11.1 Å². The number of hydrogen-bond donors (Lipinski definition) is 0. The van der Waals surface area contributed by atoms with E-state index in [2.05, 4.69) is 0 Å². The zero-order chi connectivity index (χ0) is 11.5. The third-order valence-corrected chi connectivity index (χ3v) is 4.23. The van der Waals surface area contributed by atoms with Crippen LogP contribution in [0.15, 0.2) is 48.5 Å². The number of rotatable bonds is 2. The Morgan fingerprint density at radius 2 is 1.25 bits per heavy atom. The first-order chi connectivity index (χ1) is 7.66. The molecule has 0 unspecified atom stereocenters. The van der Waals surface area contributed by atoms with E-state index in [1.807, 2.05) is 62.4 Å². The van der Waals surface area contributed by atoms with Gasteiger partial charge in [-0.3, -0.25) is 0 Å². The number of aryl methyl sites for hydroxylation is 2. The summed E-state index contributed by atoms with van der Waals surface area (Å²) in [6.45, 7) is 4.05. The summed E-state index contributed by atoms with van der Waals surface area (Å²) in [5, 5.41) is 1.88. The molecule has 0 saturated carbocycles. The highest BCUT2D eigenvalue weighted by Crippen LogP contribution is 2.20. The van der Waals surface area contributed by atoms with E-state index in [9.17, 15) is 4.57 Å². The molecule has 2 aromatic carbocycles. The highest BCUT2D eigenvalue weighted by molar-refractivity contribution is 7.61. The molecule has 2 rings (SSSR count). The predicted molar refractivity (Wildman–Crippen MR) is 70.6 cm³/mol. The van der Waals surface area contributed by atoms with E-state index in [4.69, 9.17) is 0 Å². The summed E-state index contributed by atoms with van der Waals surface area (Å²) < 4.78 is 12.3. The standard InChI is InChI=1S/C14H15OP/c1-11-5-3-7-13(9-11)16(15)14-8-4-6-12(2)10-14/h3-10,16H,1-2H3. The van der Waals surface area contributed by atoms with Gasteiger partial charge in [0.05, 0.1) is 0 Å². The summed E-state index contributed by atoms with van der Waals surface area (Å²) in [6, 6.07) is 15.9. The molecule has 0 bridgehead atoms. The second kappa shape index (κ2) is 4.67. The smallest absolute Gasteiger partial charge is 0.131 e. The Labute approximate surface area is 96.9 Å². The molecule has 0 amide bonds. The Hall–Kier alpha value is -1.33. The maximum Gasteiger partial charge on any atom is 0.131 e. The van der Waals surface area contributed by atoms with Crippen LogP contribution in [0.5, 0.6) is 0 Å². The minimum absolute atomic E-state index is 0.940. The molecule has 2 aromatic rings. The summed E-state index contributed by atoms with van der Waals surface area (Å²) in [5.74, 6) is 0. The average molecular weight is 230 g/mol. The van der Waals surface area contributed by atoms with Crippen LogP contribution in [-0.4, -0.2) is 0 Å². The Morgan fingerprint density at radius 1 is 0.812 bits per heavy atom. The molecule has 1 nitrogen and oxygen atoms in total. The highest BCUT2D eigenvalue weighted by Gasteiger charge is 2.06. The summed E-state index contributed by atoms with van der Waals surface area (Å²) in [6.07, 6.45) is 0. The van der Waals surface area contributed by atoms with Crippen molar-refractivity contribution in [2.75, 3.05) is 0 Å². The first kappa shape index (κ1) is 11.2. The van der Waals surface area contributed by atoms with Gasteiger partial charge in [-0.25, -0.2) is 0 Å². The molecule has 0 aromatic heterocycles. The Morgan fingerprint density at radius 3 is 1.62 bits per heavy atom. The Balaban J connectivity index is 2.39. The van der Waals surface area contributed by atoms with Gasteiger partial charge < -0.3 is 4.57 Å². The normalized spacial score (nSPS) is 10.7. The van der Waals surface area contributed by atoms with Gasteiger partial charge in [0.2, 0.25) is 0 Å². The summed E-state index contributed by atoms with van der Waals surface area (Å²) in [4.78, 5) is 0. The molecule has 0 radical (unpaired) electrons. The number of benzene rings is 2. The van der Waals surface area contributed by atoms with Crippen LogP contribution in [0, 0.1) is 13.8 Å². The summed E-state index contributed by atoms with van der Waals surface area (Å²) >= 11 is 0. The van der Waals surface area contributed by atoms with Gasteiger partial charge >= 0.3 is 0 Å². The lowest BCUT2D eigenvalue weighted by Gasteiger charge is -2.04. The van der Waals surface area contributed by atoms with Crippen molar-refractivity contribution in [2.24, 2.45) is 0 Å². The molecule has 0 atom stereocenters. The zero-order valence-electron chi connectivity index (χ0n) is 9.53. The fourth-order valence-electron chi connectivity index (χ4n) is 1.74. The van der Waals surface area contributed by atoms with Crippen molar-refractivity contribution in [2.45, 2.75) is 13.8 Å². The monoisotopic (exact) mass is 230 g/mol. The van der Waals surface area contributed by atoms with Gasteiger partial charge in [-0.15, -0.1) is 0 Å². The molecule has 0 N–H and O–H groups in total. The van der Waals surface area contributed by atoms with Crippen LogP contribution in [0.4, 0.5) is 0 Å². The van der Waals surface area contributed by atoms with Crippen molar-refractivity contribution in [1.29, 1.82) is 0 Å². The van der Waals surface area contributed by atoms with E-state index in [1.165, 1.54) is 0 Å². The topological polar surface area (TPSA) is 17.1 Å². The van der Waals surface area contributed by atoms with Crippen LogP contribution in [-0.2, 0) is 4.57 Å². The molecule has 0 aliphatic rings. The third kappa shape index (κ3) is 2.43. The second-order valence-corrected chi connectivity index (χ2v) is 5.88. The SMILES string of the molecule is Cc1cccc([PH](=O)c2cccc(C)c2)c1. The van der Waals surface area contributed by atoms with Crippen LogP contribution >= 0.6 is 7.80 Å². The van der Waals surface area contributed by atoms with E-state index >= 15 is 0 Å². The minimum Gasteiger partial charge on any atom is -0.317 e. The van der Waals surface area contributed by atoms with Gasteiger partial charge in [-0.05, 0) is 26.0 Å². The van der Waals surface area contributed by atoms with E-state index in [1.54, 1.807) is 0 Å². The van der Waals surface area contributed by atoms with Crippen molar-refractivity contribution in [3.05, 3.63) is 59.7 Å². The minimum atomic E-state index is -1.84. The van der Waals surface area contributed by atoms with E-state index in [0.717, 1.165) is 21.7 Å². The largest absolute Gasteiger partial charge is 0.317 e. The molecule has 0 saturated heterocycles. The van der Waals surface area contributed by atoms with Crippen molar-refractivity contribution < 1.29 is 4.57 Å². The van der Waals surface area contributed by atoms with Crippen molar-refractivity contribution in [1.82, 2.24) is 0 Å². The van der Waals surface area contributed by atoms with E-state index < -0.39 is 7.80 Å². The molecular formula is C14H15OP. The zero-order valence-corrected chi connectivity index (χ0v) is 10.5. The fourth-order valence-corrected chi connectivity index (χ4v) is 3.29. The molecule has 0 fully saturated rings. The number of hydrogen-bond acceptors (Lipinski definition) is 1. The quantitative estimate of drug-likeness (QED) is 0.725. The lowest BCUT2D eigenvalue weighted by Crippen LogP contribution is -2.06. The molecule has 2 heteroatoms. The van der Waals surface area contributed by atoms with Crippen molar-refractivity contribution in [3.63, 3.8) is 0 Å². The lowest BCUT2D eigenvalue weighted by atomic mass is 10.2. The molecular weight excluding hydrogens is 215 g/mol. The average Bonchev–Trinajstić information content (AvgIpc) is 2.28. The predicted octanol–water partition coefficient (Wildman–Crippen LogP) is 2.81. The molecule has 0 heterocycles. The van der Waals surface area contributed by atoms with Crippen LogP contribution in [0.2, 0.25) is 0 Å². The van der Waals surface area contributed by atoms with Gasteiger partial charge in [0, 0.05) is 10.6 Å². The highest BCUT2D eigenvalue weighted by atomic mass is 31.1. The first-order valence-corrected chi connectivity index (χ1v) is 6.76. The molecule has 0 aliphatic heterocycles. The van der Waals surface area contributed by atoms with Gasteiger partial charge in [0.15, 0.2) is 0 Å². The fraction of sp³-hybridized carbons (Fsp3) is 0.143. The second-order valence-electron chi connectivity index (χ2n) is 4.07. The molecule has 16 heavy (non-hydrogen) atoms. The van der Waals surface area contributed by atoms with Gasteiger partial charge in [-0.2, -0.15) is 0 Å². The first-order valence-electron chi connectivity index (χ1n) is 5.35. The Kier molecular flexibility index (Phi) is 3.26. The molecule has 0 spiro atoms. The summed E-state index contributed by atoms with van der Waals surface area (Å²) in [7, 11) is -1.84. The van der Waals surface area contributed by atoms with Crippen molar-refractivity contribution >= 4 is 18.4 Å². The summed E-state index contributed by atoms with van der Waals surface area (Å²) in [5.41, 5.74) is 2.31. The molecule has 82 valence electrons. The van der Waals surface area contributed by atoms with Crippen LogP contribution in [0.3, 0.4) is 0 Å². The van der Waals surface area contributed by atoms with Crippen LogP contribution in [0.25, 0.3) is 0 Å². The van der Waals surface area contributed by atoms with Crippen molar-refractivity contribution in [3.8, 4) is 0 Å². The van der Waals surface area contributed by atoms with E-state index in [0.29, 0.717) is 0 Å². The van der Waals surface area contributed by atoms with Gasteiger partial charge in [0.1, 0.15) is 7.80 Å². The maximum absolute atomic E-state index is 12.3.